The maximum absolute atomic E-state index is 12.6. The second-order valence-electron chi connectivity index (χ2n) is 6.55. The molecule has 2 aromatic carbocycles. The fourth-order valence-electron chi connectivity index (χ4n) is 3.14. The first-order chi connectivity index (χ1) is 12.8. The van der Waals surface area contributed by atoms with Gasteiger partial charge in [0.05, 0.1) is 11.7 Å². The summed E-state index contributed by atoms with van der Waals surface area (Å²) in [5.41, 5.74) is 1.84. The Labute approximate surface area is 160 Å². The van der Waals surface area contributed by atoms with Gasteiger partial charge < -0.3 is 10.2 Å². The normalized spacial score (nSPS) is 16.3. The third kappa shape index (κ3) is 3.88. The van der Waals surface area contributed by atoms with E-state index in [0.717, 1.165) is 12.0 Å². The Hall–Kier alpha value is -2.67. The highest BCUT2D eigenvalue weighted by atomic mass is 32.2. The van der Waals surface area contributed by atoms with Gasteiger partial charge in [0.25, 0.3) is 15.9 Å². The molecule has 7 heteroatoms. The van der Waals surface area contributed by atoms with Crippen molar-refractivity contribution in [1.82, 2.24) is 5.32 Å². The van der Waals surface area contributed by atoms with Gasteiger partial charge in [-0.1, -0.05) is 37.3 Å². The Morgan fingerprint density at radius 1 is 1.19 bits per heavy atom. The Balaban J connectivity index is 1.91. The Morgan fingerprint density at radius 2 is 1.89 bits per heavy atom. The number of fused-ring (bicyclic) bond motifs is 1. The summed E-state index contributed by atoms with van der Waals surface area (Å²) in [6.07, 6.45) is 0.850. The minimum Gasteiger partial charge on any atom is -0.346 e. The average Bonchev–Trinajstić information content (AvgIpc) is 2.65. The molecule has 3 rings (SSSR count). The highest BCUT2D eigenvalue weighted by Gasteiger charge is 2.29. The van der Waals surface area contributed by atoms with Crippen LogP contribution >= 0.6 is 0 Å². The number of carbonyl (C=O) groups is 1. The summed E-state index contributed by atoms with van der Waals surface area (Å²) in [5.74, 6) is 0.122. The van der Waals surface area contributed by atoms with Crippen molar-refractivity contribution in [3.05, 3.63) is 59.7 Å². The quantitative estimate of drug-likeness (QED) is 0.854. The number of nitrogens with zero attached hydrogens (tertiary/aromatic N) is 2. The first-order valence-corrected chi connectivity index (χ1v) is 10.4. The molecule has 27 heavy (non-hydrogen) atoms. The molecule has 1 aliphatic rings. The van der Waals surface area contributed by atoms with E-state index in [9.17, 15) is 13.2 Å². The SMILES string of the molecule is CCCN1C(C)=NS(=O)(=O)c2cc(C(=O)NC(C)c3ccccc3)ccc21. The largest absolute Gasteiger partial charge is 0.346 e. The maximum atomic E-state index is 12.6. The van der Waals surface area contributed by atoms with E-state index in [1.54, 1.807) is 19.1 Å². The number of benzene rings is 2. The highest BCUT2D eigenvalue weighted by molar-refractivity contribution is 7.90. The van der Waals surface area contributed by atoms with Gasteiger partial charge >= 0.3 is 0 Å². The zero-order valence-electron chi connectivity index (χ0n) is 15.6. The summed E-state index contributed by atoms with van der Waals surface area (Å²) in [6.45, 7) is 6.24. The zero-order valence-corrected chi connectivity index (χ0v) is 16.5. The molecule has 1 aliphatic heterocycles. The summed E-state index contributed by atoms with van der Waals surface area (Å²) < 4.78 is 28.9. The number of amidine groups is 1. The van der Waals surface area contributed by atoms with E-state index < -0.39 is 10.0 Å². The van der Waals surface area contributed by atoms with Crippen molar-refractivity contribution in [3.8, 4) is 0 Å². The molecule has 1 atom stereocenters. The number of rotatable bonds is 5. The number of hydrogen-bond acceptors (Lipinski definition) is 4. The second-order valence-corrected chi connectivity index (χ2v) is 8.13. The molecule has 0 saturated carbocycles. The fourth-order valence-corrected chi connectivity index (χ4v) is 4.41. The minimum absolute atomic E-state index is 0.0709. The molecule has 0 aromatic heterocycles. The van der Waals surface area contributed by atoms with Crippen LogP contribution in [-0.2, 0) is 10.0 Å². The number of sulfonamides is 1. The van der Waals surface area contributed by atoms with Crippen LogP contribution in [-0.4, -0.2) is 26.7 Å². The lowest BCUT2D eigenvalue weighted by molar-refractivity contribution is 0.0939. The predicted octanol–water partition coefficient (Wildman–Crippen LogP) is 3.51. The minimum atomic E-state index is -3.81. The molecule has 0 fully saturated rings. The lowest BCUT2D eigenvalue weighted by Gasteiger charge is -2.29. The monoisotopic (exact) mass is 385 g/mol. The summed E-state index contributed by atoms with van der Waals surface area (Å²) in [5, 5.41) is 2.91. The maximum Gasteiger partial charge on any atom is 0.286 e. The molecule has 0 bridgehead atoms. The third-order valence-corrected chi connectivity index (χ3v) is 5.92. The van der Waals surface area contributed by atoms with Crippen molar-refractivity contribution in [1.29, 1.82) is 0 Å². The van der Waals surface area contributed by atoms with Crippen LogP contribution in [0.2, 0.25) is 0 Å². The number of carbonyl (C=O) groups excluding carboxylic acids is 1. The van der Waals surface area contributed by atoms with Crippen molar-refractivity contribution < 1.29 is 13.2 Å². The predicted molar refractivity (Wildman–Crippen MR) is 107 cm³/mol. The lowest BCUT2D eigenvalue weighted by atomic mass is 10.1. The van der Waals surface area contributed by atoms with Gasteiger partial charge in [-0.05, 0) is 44.0 Å². The summed E-state index contributed by atoms with van der Waals surface area (Å²) in [6, 6.07) is 14.2. The molecule has 0 radical (unpaired) electrons. The Bertz CT molecular complexity index is 985. The summed E-state index contributed by atoms with van der Waals surface area (Å²) in [4.78, 5) is 14.6. The molecule has 6 nitrogen and oxygen atoms in total. The van der Waals surface area contributed by atoms with Gasteiger partial charge in [0.1, 0.15) is 10.7 Å². The standard InChI is InChI=1S/C20H23N3O3S/c1-4-12-23-15(3)22-27(25,26)19-13-17(10-11-18(19)23)20(24)21-14(2)16-8-6-5-7-9-16/h5-11,13-14H,4,12H2,1-3H3,(H,21,24). The van der Waals surface area contributed by atoms with E-state index in [4.69, 9.17) is 0 Å². The van der Waals surface area contributed by atoms with Crippen LogP contribution in [0.15, 0.2) is 57.8 Å². The fraction of sp³-hybridized carbons (Fsp3) is 0.300. The third-order valence-electron chi connectivity index (χ3n) is 4.53. The molecule has 1 amide bonds. The molecule has 1 heterocycles. The van der Waals surface area contributed by atoms with Crippen molar-refractivity contribution >= 4 is 27.5 Å². The van der Waals surface area contributed by atoms with Crippen LogP contribution in [0.5, 0.6) is 0 Å². The van der Waals surface area contributed by atoms with Gasteiger partial charge in [0.2, 0.25) is 0 Å². The smallest absolute Gasteiger partial charge is 0.286 e. The zero-order chi connectivity index (χ0) is 19.6. The van der Waals surface area contributed by atoms with Crippen molar-refractivity contribution in [2.24, 2.45) is 4.40 Å². The number of nitrogens with one attached hydrogen (secondary N) is 1. The molecular weight excluding hydrogens is 362 g/mol. The van der Waals surface area contributed by atoms with Gasteiger partial charge in [-0.3, -0.25) is 4.79 Å². The van der Waals surface area contributed by atoms with Crippen LogP contribution in [0.1, 0.15) is 49.2 Å². The van der Waals surface area contributed by atoms with E-state index in [0.29, 0.717) is 23.6 Å². The number of hydrogen-bond donors (Lipinski definition) is 1. The highest BCUT2D eigenvalue weighted by Crippen LogP contribution is 2.32. The molecular formula is C20H23N3O3S. The van der Waals surface area contributed by atoms with Crippen LogP contribution < -0.4 is 10.2 Å². The Morgan fingerprint density at radius 3 is 2.56 bits per heavy atom. The molecule has 0 aliphatic carbocycles. The van der Waals surface area contributed by atoms with Crippen molar-refractivity contribution in [3.63, 3.8) is 0 Å². The number of amides is 1. The van der Waals surface area contributed by atoms with Crippen LogP contribution in [0.4, 0.5) is 5.69 Å². The van der Waals surface area contributed by atoms with Gasteiger partial charge in [-0.15, -0.1) is 4.40 Å². The van der Waals surface area contributed by atoms with Crippen molar-refractivity contribution in [2.45, 2.75) is 38.1 Å². The van der Waals surface area contributed by atoms with Crippen molar-refractivity contribution in [2.75, 3.05) is 11.4 Å². The lowest BCUT2D eigenvalue weighted by Crippen LogP contribution is -2.35. The molecule has 1 N–H and O–H groups in total. The first kappa shape index (κ1) is 19.1. The summed E-state index contributed by atoms with van der Waals surface area (Å²) in [7, 11) is -3.81. The van der Waals surface area contributed by atoms with Crippen LogP contribution in [0.3, 0.4) is 0 Å². The van der Waals surface area contributed by atoms with E-state index >= 15 is 0 Å². The molecule has 0 saturated heterocycles. The number of anilines is 1. The average molecular weight is 385 g/mol. The van der Waals surface area contributed by atoms with Crippen LogP contribution in [0.25, 0.3) is 0 Å². The molecule has 0 spiro atoms. The molecule has 2 aromatic rings. The van der Waals surface area contributed by atoms with Gasteiger partial charge in [0, 0.05) is 12.1 Å². The molecule has 1 unspecified atom stereocenters. The van der Waals surface area contributed by atoms with E-state index in [-0.39, 0.29) is 16.8 Å². The Kier molecular flexibility index (Phi) is 5.32. The van der Waals surface area contributed by atoms with Gasteiger partial charge in [0.15, 0.2) is 0 Å². The topological polar surface area (TPSA) is 78.8 Å². The van der Waals surface area contributed by atoms with E-state index in [1.165, 1.54) is 6.07 Å². The van der Waals surface area contributed by atoms with Gasteiger partial charge in [-0.2, -0.15) is 8.42 Å². The summed E-state index contributed by atoms with van der Waals surface area (Å²) >= 11 is 0. The van der Waals surface area contributed by atoms with E-state index in [1.807, 2.05) is 49.1 Å². The molecule has 142 valence electrons. The second kappa shape index (κ2) is 7.52. The van der Waals surface area contributed by atoms with E-state index in [2.05, 4.69) is 9.71 Å². The van der Waals surface area contributed by atoms with Gasteiger partial charge in [-0.25, -0.2) is 0 Å². The van der Waals surface area contributed by atoms with Crippen LogP contribution in [0, 0.1) is 0 Å². The first-order valence-electron chi connectivity index (χ1n) is 8.92.